The highest BCUT2D eigenvalue weighted by Gasteiger charge is 2.21. The number of ether oxygens (including phenoxy) is 1. The molecule has 2 aromatic rings. The predicted molar refractivity (Wildman–Crippen MR) is 86.8 cm³/mol. The van der Waals surface area contributed by atoms with Crippen molar-refractivity contribution in [1.29, 1.82) is 0 Å². The highest BCUT2D eigenvalue weighted by molar-refractivity contribution is 8.00. The summed E-state index contributed by atoms with van der Waals surface area (Å²) in [5.41, 5.74) is 0. The lowest BCUT2D eigenvalue weighted by Gasteiger charge is -2.16. The highest BCUT2D eigenvalue weighted by atomic mass is 32.2. The fraction of sp³-hybridized carbons (Fsp3) is 0.353. The van der Waals surface area contributed by atoms with Crippen molar-refractivity contribution in [3.63, 3.8) is 0 Å². The van der Waals surface area contributed by atoms with E-state index in [2.05, 4.69) is 6.92 Å². The monoisotopic (exact) mass is 304 g/mol. The molecule has 1 N–H and O–H groups in total. The molecule has 0 aromatic heterocycles. The molecule has 112 valence electrons. The Morgan fingerprint density at radius 3 is 2.57 bits per heavy atom. The van der Waals surface area contributed by atoms with Gasteiger partial charge in [0.1, 0.15) is 11.0 Å². The zero-order valence-electron chi connectivity index (χ0n) is 12.3. The lowest BCUT2D eigenvalue weighted by atomic mass is 10.1. The molecule has 0 aliphatic rings. The molecule has 1 unspecified atom stereocenters. The van der Waals surface area contributed by atoms with Crippen molar-refractivity contribution in [2.45, 2.75) is 36.8 Å². The highest BCUT2D eigenvalue weighted by Crippen LogP contribution is 2.36. The molecular weight excluding hydrogens is 284 g/mol. The number of benzene rings is 2. The van der Waals surface area contributed by atoms with Crippen LogP contribution >= 0.6 is 11.8 Å². The third kappa shape index (κ3) is 3.70. The lowest BCUT2D eigenvalue weighted by molar-refractivity contribution is -0.142. The molecule has 0 heterocycles. The Hall–Kier alpha value is -1.68. The number of hydrogen-bond donors (Lipinski definition) is 1. The summed E-state index contributed by atoms with van der Waals surface area (Å²) >= 11 is 1.51. The van der Waals surface area contributed by atoms with Crippen molar-refractivity contribution in [1.82, 2.24) is 0 Å². The first-order valence-corrected chi connectivity index (χ1v) is 8.09. The Kier molecular flexibility index (Phi) is 5.51. The second kappa shape index (κ2) is 7.36. The molecular formula is C17H20O3S. The van der Waals surface area contributed by atoms with Gasteiger partial charge in [0, 0.05) is 10.3 Å². The second-order valence-electron chi connectivity index (χ2n) is 4.78. The topological polar surface area (TPSA) is 46.5 Å². The van der Waals surface area contributed by atoms with Crippen LogP contribution in [0, 0.1) is 0 Å². The summed E-state index contributed by atoms with van der Waals surface area (Å²) < 4.78 is 5.16. The van der Waals surface area contributed by atoms with Crippen LogP contribution in [0.1, 0.15) is 26.7 Å². The van der Waals surface area contributed by atoms with Gasteiger partial charge in [-0.05, 0) is 30.9 Å². The van der Waals surface area contributed by atoms with Crippen molar-refractivity contribution >= 4 is 28.5 Å². The van der Waals surface area contributed by atoms with E-state index in [1.54, 1.807) is 6.07 Å². The minimum absolute atomic E-state index is 0.165. The van der Waals surface area contributed by atoms with Gasteiger partial charge in [-0.25, -0.2) is 0 Å². The Bertz CT molecular complexity index is 624. The minimum Gasteiger partial charge on any atom is -0.507 e. The SMILES string of the molecule is CCCC(Sc1ccc(O)c2ccccc12)C(=O)OCC. The van der Waals surface area contributed by atoms with Crippen molar-refractivity contribution < 1.29 is 14.6 Å². The van der Waals surface area contributed by atoms with Gasteiger partial charge in [-0.3, -0.25) is 4.79 Å². The number of thioether (sulfide) groups is 1. The number of rotatable bonds is 6. The van der Waals surface area contributed by atoms with Crippen LogP contribution in [0.2, 0.25) is 0 Å². The quantitative estimate of drug-likeness (QED) is 0.636. The van der Waals surface area contributed by atoms with Crippen LogP contribution in [0.25, 0.3) is 10.8 Å². The second-order valence-corrected chi connectivity index (χ2v) is 6.02. The number of phenols is 1. The number of esters is 1. The Morgan fingerprint density at radius 2 is 1.90 bits per heavy atom. The maximum Gasteiger partial charge on any atom is 0.319 e. The van der Waals surface area contributed by atoms with E-state index in [1.165, 1.54) is 11.8 Å². The molecule has 2 rings (SSSR count). The third-order valence-corrected chi connectivity index (χ3v) is 4.55. The zero-order chi connectivity index (χ0) is 15.2. The molecule has 1 atom stereocenters. The molecule has 21 heavy (non-hydrogen) atoms. The van der Waals surface area contributed by atoms with Gasteiger partial charge in [0.05, 0.1) is 6.61 Å². The smallest absolute Gasteiger partial charge is 0.319 e. The van der Waals surface area contributed by atoms with Crippen molar-refractivity contribution in [2.75, 3.05) is 6.61 Å². The summed E-state index contributed by atoms with van der Waals surface area (Å²) in [6, 6.07) is 11.2. The maximum atomic E-state index is 12.0. The molecule has 3 nitrogen and oxygen atoms in total. The Morgan fingerprint density at radius 1 is 1.19 bits per heavy atom. The van der Waals surface area contributed by atoms with Crippen molar-refractivity contribution in [3.8, 4) is 5.75 Å². The van der Waals surface area contributed by atoms with Gasteiger partial charge in [-0.1, -0.05) is 37.6 Å². The van der Waals surface area contributed by atoms with E-state index in [4.69, 9.17) is 4.74 Å². The van der Waals surface area contributed by atoms with Crippen LogP contribution < -0.4 is 0 Å². The lowest BCUT2D eigenvalue weighted by Crippen LogP contribution is -2.20. The van der Waals surface area contributed by atoms with Crippen LogP contribution in [-0.2, 0) is 9.53 Å². The first kappa shape index (κ1) is 15.7. The standard InChI is InChI=1S/C17H20O3S/c1-3-7-16(17(19)20-4-2)21-15-11-10-14(18)12-8-5-6-9-13(12)15/h5-6,8-11,16,18H,3-4,7H2,1-2H3. The minimum atomic E-state index is -0.206. The maximum absolute atomic E-state index is 12.0. The molecule has 0 aliphatic heterocycles. The van der Waals surface area contributed by atoms with Gasteiger partial charge in [-0.2, -0.15) is 0 Å². The molecule has 0 radical (unpaired) electrons. The van der Waals surface area contributed by atoms with E-state index in [-0.39, 0.29) is 17.0 Å². The number of aromatic hydroxyl groups is 1. The fourth-order valence-corrected chi connectivity index (χ4v) is 3.51. The van der Waals surface area contributed by atoms with Crippen molar-refractivity contribution in [2.24, 2.45) is 0 Å². The van der Waals surface area contributed by atoms with Crippen LogP contribution in [0.4, 0.5) is 0 Å². The van der Waals surface area contributed by atoms with E-state index >= 15 is 0 Å². The molecule has 0 amide bonds. The van der Waals surface area contributed by atoms with Gasteiger partial charge in [0.25, 0.3) is 0 Å². The molecule has 0 saturated carbocycles. The number of fused-ring (bicyclic) bond motifs is 1. The van der Waals surface area contributed by atoms with Gasteiger partial charge in [0.2, 0.25) is 0 Å². The summed E-state index contributed by atoms with van der Waals surface area (Å²) in [6.45, 7) is 4.28. The number of carbonyl (C=O) groups is 1. The molecule has 0 saturated heterocycles. The predicted octanol–water partition coefficient (Wildman–Crippen LogP) is 4.37. The summed E-state index contributed by atoms with van der Waals surface area (Å²) in [4.78, 5) is 13.0. The van der Waals surface area contributed by atoms with Crippen LogP contribution in [0.15, 0.2) is 41.3 Å². The van der Waals surface area contributed by atoms with Crippen LogP contribution in [0.3, 0.4) is 0 Å². The zero-order valence-corrected chi connectivity index (χ0v) is 13.2. The Balaban J connectivity index is 2.32. The molecule has 0 aliphatic carbocycles. The fourth-order valence-electron chi connectivity index (χ4n) is 2.23. The van der Waals surface area contributed by atoms with E-state index in [1.807, 2.05) is 37.3 Å². The molecule has 2 aromatic carbocycles. The number of carbonyl (C=O) groups excluding carboxylic acids is 1. The normalized spacial score (nSPS) is 12.3. The first-order chi connectivity index (χ1) is 10.2. The van der Waals surface area contributed by atoms with E-state index < -0.39 is 0 Å². The molecule has 4 heteroatoms. The van der Waals surface area contributed by atoms with Gasteiger partial charge in [0.15, 0.2) is 0 Å². The van der Waals surface area contributed by atoms with E-state index in [9.17, 15) is 9.90 Å². The van der Waals surface area contributed by atoms with Crippen LogP contribution in [0.5, 0.6) is 5.75 Å². The molecule has 0 bridgehead atoms. The largest absolute Gasteiger partial charge is 0.507 e. The van der Waals surface area contributed by atoms with Gasteiger partial charge < -0.3 is 9.84 Å². The van der Waals surface area contributed by atoms with Crippen molar-refractivity contribution in [3.05, 3.63) is 36.4 Å². The van der Waals surface area contributed by atoms with E-state index in [0.29, 0.717) is 6.61 Å². The Labute approximate surface area is 129 Å². The average molecular weight is 304 g/mol. The molecule has 0 spiro atoms. The molecule has 0 fully saturated rings. The van der Waals surface area contributed by atoms with Gasteiger partial charge >= 0.3 is 5.97 Å². The van der Waals surface area contributed by atoms with E-state index in [0.717, 1.165) is 28.5 Å². The summed E-state index contributed by atoms with van der Waals surface area (Å²) in [5, 5.41) is 11.5. The first-order valence-electron chi connectivity index (χ1n) is 7.21. The summed E-state index contributed by atoms with van der Waals surface area (Å²) in [5.74, 6) is 0.0969. The summed E-state index contributed by atoms with van der Waals surface area (Å²) in [6.07, 6.45) is 1.70. The number of phenolic OH excluding ortho intramolecular Hbond substituents is 1. The average Bonchev–Trinajstić information content (AvgIpc) is 2.50. The number of hydrogen-bond acceptors (Lipinski definition) is 4. The third-order valence-electron chi connectivity index (χ3n) is 3.23. The van der Waals surface area contributed by atoms with Gasteiger partial charge in [-0.15, -0.1) is 11.8 Å². The van der Waals surface area contributed by atoms with Crippen LogP contribution in [-0.4, -0.2) is 22.9 Å². The summed E-state index contributed by atoms with van der Waals surface area (Å²) in [7, 11) is 0.